The molecule has 0 bridgehead atoms. The van der Waals surface area contributed by atoms with Gasteiger partial charge in [-0.15, -0.1) is 0 Å². The van der Waals surface area contributed by atoms with Crippen molar-refractivity contribution in [1.29, 1.82) is 0 Å². The molecule has 0 saturated heterocycles. The molecule has 0 unspecified atom stereocenters. The van der Waals surface area contributed by atoms with Crippen molar-refractivity contribution in [2.24, 2.45) is 0 Å². The highest BCUT2D eigenvalue weighted by atomic mass is 35.5. The number of nitrogens with one attached hydrogen (secondary N) is 2. The average molecular weight is 395 g/mol. The first-order valence-corrected chi connectivity index (χ1v) is 9.78. The number of halogens is 1. The summed E-state index contributed by atoms with van der Waals surface area (Å²) >= 11 is 5.98. The first kappa shape index (κ1) is 18.6. The van der Waals surface area contributed by atoms with E-state index in [1.165, 1.54) is 26.4 Å². The third-order valence-electron chi connectivity index (χ3n) is 4.08. The maximum atomic E-state index is 12.6. The van der Waals surface area contributed by atoms with Crippen molar-refractivity contribution < 1.29 is 17.9 Å². The van der Waals surface area contributed by atoms with Crippen molar-refractivity contribution in [1.82, 2.24) is 9.71 Å². The Morgan fingerprint density at radius 2 is 1.92 bits per heavy atom. The van der Waals surface area contributed by atoms with E-state index in [2.05, 4.69) is 9.71 Å². The number of ether oxygens (including phenoxy) is 2. The van der Waals surface area contributed by atoms with E-state index in [1.54, 1.807) is 6.07 Å². The second-order valence-electron chi connectivity index (χ2n) is 5.67. The van der Waals surface area contributed by atoms with Crippen molar-refractivity contribution in [3.63, 3.8) is 0 Å². The van der Waals surface area contributed by atoms with E-state index in [0.29, 0.717) is 17.2 Å². The Bertz CT molecular complexity index is 1030. The van der Waals surface area contributed by atoms with Crippen molar-refractivity contribution in [3.05, 3.63) is 53.2 Å². The van der Waals surface area contributed by atoms with E-state index in [-0.39, 0.29) is 17.2 Å². The number of aromatic nitrogens is 1. The summed E-state index contributed by atoms with van der Waals surface area (Å²) in [6.07, 6.45) is 2.41. The predicted octanol–water partition coefficient (Wildman–Crippen LogP) is 3.36. The predicted molar refractivity (Wildman–Crippen MR) is 102 cm³/mol. The van der Waals surface area contributed by atoms with Crippen LogP contribution in [0.2, 0.25) is 5.02 Å². The van der Waals surface area contributed by atoms with E-state index < -0.39 is 10.0 Å². The molecule has 8 heteroatoms. The molecule has 2 aromatic carbocycles. The fourth-order valence-corrected chi connectivity index (χ4v) is 4.11. The molecule has 26 heavy (non-hydrogen) atoms. The highest BCUT2D eigenvalue weighted by molar-refractivity contribution is 7.89. The number of hydrogen-bond donors (Lipinski definition) is 2. The number of H-pyrrole nitrogens is 1. The normalized spacial score (nSPS) is 11.7. The summed E-state index contributed by atoms with van der Waals surface area (Å²) in [4.78, 5) is 3.22. The van der Waals surface area contributed by atoms with E-state index in [0.717, 1.165) is 16.5 Å². The van der Waals surface area contributed by atoms with Gasteiger partial charge in [0.2, 0.25) is 10.0 Å². The van der Waals surface area contributed by atoms with Crippen LogP contribution in [0.1, 0.15) is 5.56 Å². The van der Waals surface area contributed by atoms with Crippen molar-refractivity contribution in [3.8, 4) is 11.5 Å². The molecule has 0 fully saturated rings. The number of rotatable bonds is 7. The van der Waals surface area contributed by atoms with Gasteiger partial charge in [-0.3, -0.25) is 0 Å². The van der Waals surface area contributed by atoms with Crippen LogP contribution < -0.4 is 14.2 Å². The molecular weight excluding hydrogens is 376 g/mol. The van der Waals surface area contributed by atoms with E-state index in [9.17, 15) is 8.42 Å². The standard InChI is InChI=1S/C18H19ClN2O4S/c1-24-14-4-6-18(17(10-14)25-2)26(22,23)21-8-7-12-11-20-16-9-13(19)3-5-15(12)16/h3-6,9-11,20-21H,7-8H2,1-2H3. The van der Waals surface area contributed by atoms with Gasteiger partial charge in [0.05, 0.1) is 14.2 Å². The molecule has 0 amide bonds. The summed E-state index contributed by atoms with van der Waals surface area (Å²) in [6, 6.07) is 10.2. The molecule has 3 aromatic rings. The van der Waals surface area contributed by atoms with Crippen molar-refractivity contribution >= 4 is 32.5 Å². The summed E-state index contributed by atoms with van der Waals surface area (Å²) in [7, 11) is -0.772. The largest absolute Gasteiger partial charge is 0.497 e. The molecule has 138 valence electrons. The number of sulfonamides is 1. The monoisotopic (exact) mass is 394 g/mol. The zero-order chi connectivity index (χ0) is 18.7. The highest BCUT2D eigenvalue weighted by Gasteiger charge is 2.20. The van der Waals surface area contributed by atoms with Crippen LogP contribution in [-0.4, -0.2) is 34.2 Å². The molecule has 2 N–H and O–H groups in total. The summed E-state index contributed by atoms with van der Waals surface area (Å²) in [5.74, 6) is 0.761. The van der Waals surface area contributed by atoms with Gasteiger partial charge in [-0.1, -0.05) is 17.7 Å². The van der Waals surface area contributed by atoms with Gasteiger partial charge in [0, 0.05) is 34.7 Å². The number of fused-ring (bicyclic) bond motifs is 1. The first-order chi connectivity index (χ1) is 12.4. The molecular formula is C18H19ClN2O4S. The number of methoxy groups -OCH3 is 2. The second-order valence-corrected chi connectivity index (χ2v) is 7.84. The van der Waals surface area contributed by atoms with Crippen molar-refractivity contribution in [2.75, 3.05) is 20.8 Å². The molecule has 0 spiro atoms. The lowest BCUT2D eigenvalue weighted by molar-refractivity contribution is 0.386. The van der Waals surface area contributed by atoms with Crippen LogP contribution in [0.25, 0.3) is 10.9 Å². The Hall–Kier alpha value is -2.22. The van der Waals surface area contributed by atoms with Crippen LogP contribution >= 0.6 is 11.6 Å². The Morgan fingerprint density at radius 3 is 2.65 bits per heavy atom. The fourth-order valence-electron chi connectivity index (χ4n) is 2.76. The number of aromatic amines is 1. The minimum Gasteiger partial charge on any atom is -0.497 e. The first-order valence-electron chi connectivity index (χ1n) is 7.92. The fraction of sp³-hybridized carbons (Fsp3) is 0.222. The molecule has 0 radical (unpaired) electrons. The number of benzene rings is 2. The molecule has 1 aromatic heterocycles. The molecule has 0 aliphatic rings. The molecule has 1 heterocycles. The Kier molecular flexibility index (Phi) is 5.41. The summed E-state index contributed by atoms with van der Waals surface area (Å²) in [5, 5.41) is 1.67. The summed E-state index contributed by atoms with van der Waals surface area (Å²) < 4.78 is 38.1. The lowest BCUT2D eigenvalue weighted by Gasteiger charge is -2.12. The average Bonchev–Trinajstić information content (AvgIpc) is 3.03. The van der Waals surface area contributed by atoms with Crippen LogP contribution in [-0.2, 0) is 16.4 Å². The maximum absolute atomic E-state index is 12.6. The van der Waals surface area contributed by atoms with Crippen LogP contribution in [0.3, 0.4) is 0 Å². The third-order valence-corrected chi connectivity index (χ3v) is 5.81. The minimum absolute atomic E-state index is 0.0755. The molecule has 0 aliphatic carbocycles. The molecule has 0 saturated carbocycles. The van der Waals surface area contributed by atoms with Gasteiger partial charge in [0.25, 0.3) is 0 Å². The van der Waals surface area contributed by atoms with E-state index >= 15 is 0 Å². The molecule has 0 atom stereocenters. The smallest absolute Gasteiger partial charge is 0.244 e. The quantitative estimate of drug-likeness (QED) is 0.644. The highest BCUT2D eigenvalue weighted by Crippen LogP contribution is 2.28. The Balaban J connectivity index is 1.74. The zero-order valence-electron chi connectivity index (χ0n) is 14.4. The lowest BCUT2D eigenvalue weighted by Crippen LogP contribution is -2.26. The second kappa shape index (κ2) is 7.57. The Morgan fingerprint density at radius 1 is 1.12 bits per heavy atom. The van der Waals surface area contributed by atoms with Gasteiger partial charge in [-0.2, -0.15) is 0 Å². The molecule has 0 aliphatic heterocycles. The molecule has 3 rings (SSSR count). The van der Waals surface area contributed by atoms with Gasteiger partial charge in [-0.25, -0.2) is 13.1 Å². The van der Waals surface area contributed by atoms with E-state index in [4.69, 9.17) is 21.1 Å². The van der Waals surface area contributed by atoms with Gasteiger partial charge in [-0.05, 0) is 36.2 Å². The van der Waals surface area contributed by atoms with Gasteiger partial charge < -0.3 is 14.5 Å². The van der Waals surface area contributed by atoms with Crippen LogP contribution in [0, 0.1) is 0 Å². The summed E-state index contributed by atoms with van der Waals surface area (Å²) in [6.45, 7) is 0.257. The van der Waals surface area contributed by atoms with Gasteiger partial charge >= 0.3 is 0 Å². The zero-order valence-corrected chi connectivity index (χ0v) is 15.9. The molecule has 6 nitrogen and oxygen atoms in total. The van der Waals surface area contributed by atoms with Crippen LogP contribution in [0.15, 0.2) is 47.5 Å². The number of hydrogen-bond acceptors (Lipinski definition) is 4. The minimum atomic E-state index is -3.70. The summed E-state index contributed by atoms with van der Waals surface area (Å²) in [5.41, 5.74) is 1.94. The SMILES string of the molecule is COc1ccc(S(=O)(=O)NCCc2c[nH]c3cc(Cl)ccc23)c(OC)c1. The topological polar surface area (TPSA) is 80.4 Å². The third kappa shape index (κ3) is 3.80. The van der Waals surface area contributed by atoms with Crippen LogP contribution in [0.5, 0.6) is 11.5 Å². The maximum Gasteiger partial charge on any atom is 0.244 e. The Labute approximate surface area is 157 Å². The lowest BCUT2D eigenvalue weighted by atomic mass is 10.1. The van der Waals surface area contributed by atoms with Crippen LogP contribution in [0.4, 0.5) is 0 Å². The van der Waals surface area contributed by atoms with E-state index in [1.807, 2.05) is 24.4 Å². The van der Waals surface area contributed by atoms with Crippen molar-refractivity contribution in [2.45, 2.75) is 11.3 Å². The van der Waals surface area contributed by atoms with Gasteiger partial charge in [0.15, 0.2) is 0 Å². The van der Waals surface area contributed by atoms with Gasteiger partial charge in [0.1, 0.15) is 16.4 Å².